The Morgan fingerprint density at radius 3 is 2.80 bits per heavy atom. The van der Waals surface area contributed by atoms with E-state index in [0.29, 0.717) is 5.92 Å². The highest BCUT2D eigenvalue weighted by atomic mass is 15.2. The van der Waals surface area contributed by atoms with Crippen molar-refractivity contribution in [2.75, 3.05) is 19.6 Å². The zero-order valence-electron chi connectivity index (χ0n) is 12.9. The summed E-state index contributed by atoms with van der Waals surface area (Å²) in [6.07, 6.45) is 3.07. The average Bonchev–Trinajstić information content (AvgIpc) is 3.01. The van der Waals surface area contributed by atoms with Crippen molar-refractivity contribution in [2.45, 2.75) is 45.6 Å². The average molecular weight is 272 g/mol. The Morgan fingerprint density at radius 1 is 1.35 bits per heavy atom. The summed E-state index contributed by atoms with van der Waals surface area (Å²) in [5, 5.41) is 0. The number of imidazole rings is 1. The molecule has 4 nitrogen and oxygen atoms in total. The smallest absolute Gasteiger partial charge is 0.160 e. The maximum atomic E-state index is 4.90. The zero-order chi connectivity index (χ0) is 14.3. The minimum absolute atomic E-state index is 0.0120. The summed E-state index contributed by atoms with van der Waals surface area (Å²) in [7, 11) is 0. The first-order chi connectivity index (χ1) is 9.50. The number of likely N-dealkylation sites (N-methyl/N-ethyl adjacent to an activating group) is 1. The molecule has 108 valence electrons. The second kappa shape index (κ2) is 4.85. The van der Waals surface area contributed by atoms with Crippen LogP contribution in [-0.4, -0.2) is 39.1 Å². The Morgan fingerprint density at radius 2 is 2.15 bits per heavy atom. The number of hydrogen-bond acceptors (Lipinski definition) is 3. The minimum atomic E-state index is 0.0120. The molecule has 20 heavy (non-hydrogen) atoms. The Hall–Kier alpha value is -1.42. The van der Waals surface area contributed by atoms with Crippen molar-refractivity contribution in [1.82, 2.24) is 19.4 Å². The molecule has 0 aliphatic carbocycles. The maximum Gasteiger partial charge on any atom is 0.160 e. The summed E-state index contributed by atoms with van der Waals surface area (Å²) < 4.78 is 2.34. The molecule has 4 heteroatoms. The summed E-state index contributed by atoms with van der Waals surface area (Å²) in [4.78, 5) is 12.0. The van der Waals surface area contributed by atoms with Gasteiger partial charge in [0.05, 0.1) is 0 Å². The molecule has 1 fully saturated rings. The predicted octanol–water partition coefficient (Wildman–Crippen LogP) is 3.00. The minimum Gasteiger partial charge on any atom is -0.307 e. The highest BCUT2D eigenvalue weighted by Gasteiger charge is 2.31. The molecular formula is C16H24N4. The molecule has 0 bridgehead atoms. The summed E-state index contributed by atoms with van der Waals surface area (Å²) in [5.41, 5.74) is 2.05. The molecule has 0 saturated carbocycles. The number of nitrogens with zero attached hydrogens (tertiary/aromatic N) is 4. The van der Waals surface area contributed by atoms with E-state index in [1.165, 1.54) is 18.8 Å². The van der Waals surface area contributed by atoms with Crippen LogP contribution in [0.15, 0.2) is 18.3 Å². The van der Waals surface area contributed by atoms with E-state index in [9.17, 15) is 0 Å². The third-order valence-electron chi connectivity index (χ3n) is 4.20. The lowest BCUT2D eigenvalue weighted by Crippen LogP contribution is -2.27. The van der Waals surface area contributed by atoms with Crippen LogP contribution in [0.1, 0.15) is 45.9 Å². The van der Waals surface area contributed by atoms with E-state index < -0.39 is 0 Å². The van der Waals surface area contributed by atoms with Gasteiger partial charge in [-0.05, 0) is 52.4 Å². The number of rotatable bonds is 2. The second-order valence-electron chi connectivity index (χ2n) is 6.70. The van der Waals surface area contributed by atoms with Crippen LogP contribution in [0.3, 0.4) is 0 Å². The second-order valence-corrected chi connectivity index (χ2v) is 6.70. The summed E-state index contributed by atoms with van der Waals surface area (Å²) in [5.74, 6) is 1.74. The number of aromatic nitrogens is 3. The fourth-order valence-corrected chi connectivity index (χ4v) is 3.20. The van der Waals surface area contributed by atoms with Crippen molar-refractivity contribution in [3.8, 4) is 0 Å². The van der Waals surface area contributed by atoms with Crippen LogP contribution in [0, 0.1) is 0 Å². The Kier molecular flexibility index (Phi) is 3.28. The molecule has 0 N–H and O–H groups in total. The highest BCUT2D eigenvalue weighted by Crippen LogP contribution is 2.32. The van der Waals surface area contributed by atoms with Crippen LogP contribution in [0.2, 0.25) is 0 Å². The fourth-order valence-electron chi connectivity index (χ4n) is 3.20. The number of likely N-dealkylation sites (tertiary alicyclic amines) is 1. The van der Waals surface area contributed by atoms with Crippen LogP contribution in [0.5, 0.6) is 0 Å². The summed E-state index contributed by atoms with van der Waals surface area (Å²) in [6, 6.07) is 4.04. The number of hydrogen-bond donors (Lipinski definition) is 0. The normalized spacial score (nSPS) is 20.9. The van der Waals surface area contributed by atoms with Gasteiger partial charge in [0.15, 0.2) is 5.65 Å². The van der Waals surface area contributed by atoms with Crippen LogP contribution in [0.25, 0.3) is 11.2 Å². The summed E-state index contributed by atoms with van der Waals surface area (Å²) >= 11 is 0. The first kappa shape index (κ1) is 13.6. The van der Waals surface area contributed by atoms with Gasteiger partial charge in [0.1, 0.15) is 11.3 Å². The van der Waals surface area contributed by atoms with Gasteiger partial charge in [-0.15, -0.1) is 0 Å². The molecule has 2 aromatic heterocycles. The van der Waals surface area contributed by atoms with Crippen molar-refractivity contribution in [3.63, 3.8) is 0 Å². The van der Waals surface area contributed by atoms with Crippen LogP contribution in [0.4, 0.5) is 0 Å². The predicted molar refractivity (Wildman–Crippen MR) is 82.0 cm³/mol. The van der Waals surface area contributed by atoms with Crippen LogP contribution in [-0.2, 0) is 5.54 Å². The van der Waals surface area contributed by atoms with Gasteiger partial charge in [0, 0.05) is 24.2 Å². The standard InChI is InChI=1S/C16H24N4/c1-5-19-10-8-12(11-19)14-18-13-7-6-9-17-15(13)20(14)16(2,3)4/h6-7,9,12H,5,8,10-11H2,1-4H3. The van der Waals surface area contributed by atoms with Crippen LogP contribution < -0.4 is 0 Å². The maximum absolute atomic E-state index is 4.90. The molecule has 0 aromatic carbocycles. The largest absolute Gasteiger partial charge is 0.307 e. The molecule has 3 rings (SSSR count). The molecule has 1 aliphatic heterocycles. The zero-order valence-corrected chi connectivity index (χ0v) is 12.9. The van der Waals surface area contributed by atoms with Gasteiger partial charge in [-0.25, -0.2) is 9.97 Å². The van der Waals surface area contributed by atoms with Gasteiger partial charge in [0.2, 0.25) is 0 Å². The SMILES string of the molecule is CCN1CCC(c2nc3cccnc3n2C(C)(C)C)C1. The van der Waals surface area contributed by atoms with Gasteiger partial charge in [-0.1, -0.05) is 6.92 Å². The van der Waals surface area contributed by atoms with E-state index in [-0.39, 0.29) is 5.54 Å². The third kappa shape index (κ3) is 2.22. The Balaban J connectivity index is 2.10. The first-order valence-electron chi connectivity index (χ1n) is 7.57. The topological polar surface area (TPSA) is 34.0 Å². The van der Waals surface area contributed by atoms with E-state index in [0.717, 1.165) is 24.3 Å². The third-order valence-corrected chi connectivity index (χ3v) is 4.20. The van der Waals surface area contributed by atoms with E-state index in [2.05, 4.69) is 48.2 Å². The quantitative estimate of drug-likeness (QED) is 0.843. The van der Waals surface area contributed by atoms with Gasteiger partial charge in [-0.2, -0.15) is 0 Å². The number of pyridine rings is 1. The molecule has 1 atom stereocenters. The molecule has 0 amide bonds. The van der Waals surface area contributed by atoms with Gasteiger partial charge in [-0.3, -0.25) is 0 Å². The van der Waals surface area contributed by atoms with Crippen molar-refractivity contribution in [2.24, 2.45) is 0 Å². The first-order valence-corrected chi connectivity index (χ1v) is 7.57. The van der Waals surface area contributed by atoms with Crippen LogP contribution >= 0.6 is 0 Å². The lowest BCUT2D eigenvalue weighted by Gasteiger charge is -2.26. The Labute approximate surface area is 120 Å². The van der Waals surface area contributed by atoms with Crippen molar-refractivity contribution in [1.29, 1.82) is 0 Å². The van der Waals surface area contributed by atoms with E-state index in [4.69, 9.17) is 4.98 Å². The number of fused-ring (bicyclic) bond motifs is 1. The van der Waals surface area contributed by atoms with Gasteiger partial charge < -0.3 is 9.47 Å². The molecular weight excluding hydrogens is 248 g/mol. The Bertz CT molecular complexity index is 608. The van der Waals surface area contributed by atoms with E-state index in [1.54, 1.807) is 0 Å². The summed E-state index contributed by atoms with van der Waals surface area (Å²) in [6.45, 7) is 12.4. The van der Waals surface area contributed by atoms with Crippen molar-refractivity contribution < 1.29 is 0 Å². The lowest BCUT2D eigenvalue weighted by atomic mass is 10.0. The highest BCUT2D eigenvalue weighted by molar-refractivity contribution is 5.71. The molecule has 0 radical (unpaired) electrons. The van der Waals surface area contributed by atoms with E-state index >= 15 is 0 Å². The molecule has 1 aliphatic rings. The monoisotopic (exact) mass is 272 g/mol. The molecule has 3 heterocycles. The van der Waals surface area contributed by atoms with Crippen molar-refractivity contribution >= 4 is 11.2 Å². The van der Waals surface area contributed by atoms with Gasteiger partial charge in [0.25, 0.3) is 0 Å². The fraction of sp³-hybridized carbons (Fsp3) is 0.625. The van der Waals surface area contributed by atoms with E-state index in [1.807, 2.05) is 12.3 Å². The lowest BCUT2D eigenvalue weighted by molar-refractivity contribution is 0.343. The molecule has 0 spiro atoms. The molecule has 2 aromatic rings. The molecule has 1 saturated heterocycles. The van der Waals surface area contributed by atoms with Crippen molar-refractivity contribution in [3.05, 3.63) is 24.2 Å². The van der Waals surface area contributed by atoms with Gasteiger partial charge >= 0.3 is 0 Å². The molecule has 1 unspecified atom stereocenters.